The van der Waals surface area contributed by atoms with Crippen molar-refractivity contribution in [1.29, 1.82) is 0 Å². The van der Waals surface area contributed by atoms with Crippen molar-refractivity contribution in [2.45, 2.75) is 45.1 Å². The normalized spacial score (nSPS) is 13.4. The maximum absolute atomic E-state index is 11.4. The van der Waals surface area contributed by atoms with Gasteiger partial charge in [-0.25, -0.2) is 5.06 Å². The Hall–Kier alpha value is -1.88. The van der Waals surface area contributed by atoms with Crippen LogP contribution < -0.4 is 0 Å². The number of amides is 1. The second-order valence-corrected chi connectivity index (χ2v) is 5.16. The molecule has 5 nitrogen and oxygen atoms in total. The van der Waals surface area contributed by atoms with Crippen LogP contribution in [0.3, 0.4) is 0 Å². The van der Waals surface area contributed by atoms with E-state index in [9.17, 15) is 19.9 Å². The topological polar surface area (TPSA) is 77.8 Å². The first-order valence-corrected chi connectivity index (χ1v) is 7.29. The Morgan fingerprint density at radius 2 is 1.95 bits per heavy atom. The molecule has 1 aromatic carbocycles. The number of hydrogen-bond donors (Lipinski definition) is 2. The third-order valence-electron chi connectivity index (χ3n) is 3.64. The van der Waals surface area contributed by atoms with Crippen molar-refractivity contribution < 1.29 is 19.9 Å². The molecule has 116 valence electrons. The van der Waals surface area contributed by atoms with Crippen molar-refractivity contribution in [2.75, 3.05) is 0 Å². The number of benzene rings is 1. The standard InChI is InChI=1S/C16H23NO4/c1-2-7-15(17(21)12-18)14(16(19)20)11-6-10-13-8-4-3-5-9-13/h3-5,8-9,12,14-15,21H,2,6-7,10-11H2,1H3,(H,19,20). The molecule has 2 N–H and O–H groups in total. The predicted octanol–water partition coefficient (Wildman–Crippen LogP) is 2.73. The lowest BCUT2D eigenvalue weighted by atomic mass is 9.90. The summed E-state index contributed by atoms with van der Waals surface area (Å²) in [4.78, 5) is 22.2. The van der Waals surface area contributed by atoms with E-state index in [4.69, 9.17) is 0 Å². The molecule has 1 amide bonds. The molecular formula is C16H23NO4. The number of aryl methyl sites for hydroxylation is 1. The van der Waals surface area contributed by atoms with Crippen molar-refractivity contribution in [1.82, 2.24) is 5.06 Å². The summed E-state index contributed by atoms with van der Waals surface area (Å²) < 4.78 is 0. The van der Waals surface area contributed by atoms with Crippen molar-refractivity contribution in [3.8, 4) is 0 Å². The molecule has 1 rings (SSSR count). The van der Waals surface area contributed by atoms with Crippen LogP contribution in [0.25, 0.3) is 0 Å². The molecule has 0 saturated carbocycles. The number of hydroxylamine groups is 2. The molecule has 21 heavy (non-hydrogen) atoms. The van der Waals surface area contributed by atoms with Gasteiger partial charge in [-0.3, -0.25) is 14.8 Å². The predicted molar refractivity (Wildman–Crippen MR) is 78.9 cm³/mol. The Kier molecular flexibility index (Phi) is 7.46. The number of nitrogens with zero attached hydrogens (tertiary/aromatic N) is 1. The summed E-state index contributed by atoms with van der Waals surface area (Å²) in [7, 11) is 0. The van der Waals surface area contributed by atoms with Gasteiger partial charge < -0.3 is 5.11 Å². The Morgan fingerprint density at radius 3 is 2.48 bits per heavy atom. The zero-order valence-electron chi connectivity index (χ0n) is 12.3. The molecule has 0 heterocycles. The number of aliphatic carboxylic acids is 1. The highest BCUT2D eigenvalue weighted by Gasteiger charge is 2.31. The molecule has 5 heteroatoms. The number of carbonyl (C=O) groups is 2. The summed E-state index contributed by atoms with van der Waals surface area (Å²) in [6.45, 7) is 1.90. The minimum absolute atomic E-state index is 0.285. The first-order valence-electron chi connectivity index (χ1n) is 7.29. The van der Waals surface area contributed by atoms with E-state index in [2.05, 4.69) is 0 Å². The van der Waals surface area contributed by atoms with E-state index in [0.717, 1.165) is 12.0 Å². The fraction of sp³-hybridized carbons (Fsp3) is 0.500. The Morgan fingerprint density at radius 1 is 1.29 bits per heavy atom. The molecule has 0 fully saturated rings. The van der Waals surface area contributed by atoms with Gasteiger partial charge >= 0.3 is 5.97 Å². The molecule has 0 saturated heterocycles. The smallest absolute Gasteiger partial charge is 0.308 e. The molecule has 0 radical (unpaired) electrons. The highest BCUT2D eigenvalue weighted by molar-refractivity contribution is 5.71. The third kappa shape index (κ3) is 5.55. The minimum Gasteiger partial charge on any atom is -0.481 e. The van der Waals surface area contributed by atoms with E-state index in [1.165, 1.54) is 0 Å². The molecule has 2 atom stereocenters. The summed E-state index contributed by atoms with van der Waals surface area (Å²) >= 11 is 0. The maximum atomic E-state index is 11.4. The van der Waals surface area contributed by atoms with Crippen LogP contribution >= 0.6 is 0 Å². The summed E-state index contributed by atoms with van der Waals surface area (Å²) in [6.07, 6.45) is 3.38. The van der Waals surface area contributed by atoms with Crippen molar-refractivity contribution in [3.63, 3.8) is 0 Å². The number of rotatable bonds is 10. The summed E-state index contributed by atoms with van der Waals surface area (Å²) in [5.74, 6) is -1.72. The molecule has 0 bridgehead atoms. The highest BCUT2D eigenvalue weighted by Crippen LogP contribution is 2.21. The molecule has 0 aliphatic heterocycles. The molecule has 0 aromatic heterocycles. The van der Waals surface area contributed by atoms with E-state index >= 15 is 0 Å². The van der Waals surface area contributed by atoms with Crippen molar-refractivity contribution in [2.24, 2.45) is 5.92 Å². The average molecular weight is 293 g/mol. The van der Waals surface area contributed by atoms with E-state index < -0.39 is 17.9 Å². The summed E-state index contributed by atoms with van der Waals surface area (Å²) in [5, 5.41) is 19.4. The molecule has 0 aliphatic carbocycles. The van der Waals surface area contributed by atoms with E-state index in [1.807, 2.05) is 37.3 Å². The van der Waals surface area contributed by atoms with Crippen LogP contribution in [0.15, 0.2) is 30.3 Å². The second-order valence-electron chi connectivity index (χ2n) is 5.16. The van der Waals surface area contributed by atoms with Crippen LogP contribution in [0.1, 0.15) is 38.2 Å². The zero-order valence-corrected chi connectivity index (χ0v) is 12.3. The van der Waals surface area contributed by atoms with Gasteiger partial charge in [-0.15, -0.1) is 0 Å². The minimum atomic E-state index is -0.970. The SMILES string of the molecule is CCCC(C(CCCc1ccccc1)C(=O)O)N(O)C=O. The van der Waals surface area contributed by atoms with Gasteiger partial charge in [0.05, 0.1) is 12.0 Å². The average Bonchev–Trinajstić information content (AvgIpc) is 2.50. The molecule has 0 aliphatic rings. The Labute approximate surface area is 125 Å². The Bertz CT molecular complexity index is 435. The van der Waals surface area contributed by atoms with Crippen LogP contribution in [-0.4, -0.2) is 33.8 Å². The fourth-order valence-electron chi connectivity index (χ4n) is 2.54. The van der Waals surface area contributed by atoms with E-state index in [0.29, 0.717) is 30.7 Å². The lowest BCUT2D eigenvalue weighted by Gasteiger charge is -2.28. The van der Waals surface area contributed by atoms with Crippen molar-refractivity contribution >= 4 is 12.4 Å². The van der Waals surface area contributed by atoms with Gasteiger partial charge in [0.25, 0.3) is 0 Å². The van der Waals surface area contributed by atoms with Crippen LogP contribution in [0, 0.1) is 5.92 Å². The lowest BCUT2D eigenvalue weighted by Crippen LogP contribution is -2.41. The largest absolute Gasteiger partial charge is 0.481 e. The highest BCUT2D eigenvalue weighted by atomic mass is 16.5. The number of carboxylic acids is 1. The monoisotopic (exact) mass is 293 g/mol. The quantitative estimate of drug-likeness (QED) is 0.395. The van der Waals surface area contributed by atoms with Crippen LogP contribution in [0.2, 0.25) is 0 Å². The van der Waals surface area contributed by atoms with Gasteiger partial charge in [-0.2, -0.15) is 0 Å². The first kappa shape index (κ1) is 17.2. The lowest BCUT2D eigenvalue weighted by molar-refractivity contribution is -0.173. The zero-order chi connectivity index (χ0) is 15.7. The fourth-order valence-corrected chi connectivity index (χ4v) is 2.54. The maximum Gasteiger partial charge on any atom is 0.308 e. The van der Waals surface area contributed by atoms with Gasteiger partial charge in [-0.1, -0.05) is 43.7 Å². The van der Waals surface area contributed by atoms with Gasteiger partial charge in [0.1, 0.15) is 0 Å². The molecular weight excluding hydrogens is 270 g/mol. The van der Waals surface area contributed by atoms with Gasteiger partial charge in [0, 0.05) is 0 Å². The summed E-state index contributed by atoms with van der Waals surface area (Å²) in [5.41, 5.74) is 1.16. The van der Waals surface area contributed by atoms with Gasteiger partial charge in [0.15, 0.2) is 0 Å². The van der Waals surface area contributed by atoms with Crippen LogP contribution in [-0.2, 0) is 16.0 Å². The van der Waals surface area contributed by atoms with Crippen LogP contribution in [0.4, 0.5) is 0 Å². The number of carbonyl (C=O) groups excluding carboxylic acids is 1. The number of carboxylic acid groups (broad SMARTS) is 1. The molecule has 2 unspecified atom stereocenters. The van der Waals surface area contributed by atoms with Crippen LogP contribution in [0.5, 0.6) is 0 Å². The Balaban J connectivity index is 2.63. The number of hydrogen-bond acceptors (Lipinski definition) is 3. The van der Waals surface area contributed by atoms with E-state index in [1.54, 1.807) is 0 Å². The first-order chi connectivity index (χ1) is 10.1. The van der Waals surface area contributed by atoms with Crippen molar-refractivity contribution in [3.05, 3.63) is 35.9 Å². The third-order valence-corrected chi connectivity index (χ3v) is 3.64. The molecule has 0 spiro atoms. The van der Waals surface area contributed by atoms with E-state index in [-0.39, 0.29) is 6.41 Å². The van der Waals surface area contributed by atoms with Gasteiger partial charge in [-0.05, 0) is 31.2 Å². The van der Waals surface area contributed by atoms with Gasteiger partial charge in [0.2, 0.25) is 6.41 Å². The molecule has 1 aromatic rings. The summed E-state index contributed by atoms with van der Waals surface area (Å²) in [6, 6.07) is 9.18. The second kappa shape index (κ2) is 9.13.